The van der Waals surface area contributed by atoms with E-state index < -0.39 is 4.92 Å². The zero-order chi connectivity index (χ0) is 28.0. The zero-order valence-electron chi connectivity index (χ0n) is 22.9. The van der Waals surface area contributed by atoms with Gasteiger partial charge in [-0.1, -0.05) is 65.5 Å². The van der Waals surface area contributed by atoms with Crippen LogP contribution in [0.2, 0.25) is 10.3 Å². The van der Waals surface area contributed by atoms with Crippen molar-refractivity contribution in [2.75, 3.05) is 13.7 Å². The van der Waals surface area contributed by atoms with Gasteiger partial charge in [0.15, 0.2) is 0 Å². The first-order valence-electron chi connectivity index (χ1n) is 12.8. The molecule has 208 valence electrons. The molecule has 0 bridgehead atoms. The van der Waals surface area contributed by atoms with Gasteiger partial charge < -0.3 is 14.0 Å². The Labute approximate surface area is 229 Å². The molecule has 1 atom stereocenters. The summed E-state index contributed by atoms with van der Waals surface area (Å²) in [5, 5.41) is 18.8. The molecule has 1 fully saturated rings. The summed E-state index contributed by atoms with van der Waals surface area (Å²) in [5.74, 6) is -0.00728. The van der Waals surface area contributed by atoms with E-state index in [1.165, 1.54) is 32.1 Å². The first-order chi connectivity index (χ1) is 17.8. The number of hydrogen-bond donors (Lipinski definition) is 1. The minimum Gasteiger partial charge on any atom is -0.471 e. The molecule has 3 aromatic rings. The molecule has 37 heavy (non-hydrogen) atoms. The quantitative estimate of drug-likeness (QED) is 0.182. The van der Waals surface area contributed by atoms with E-state index in [4.69, 9.17) is 32.7 Å². The van der Waals surface area contributed by atoms with Crippen molar-refractivity contribution >= 4 is 39.9 Å². The average molecular weight is 560 g/mol. The van der Waals surface area contributed by atoms with Crippen LogP contribution < -0.4 is 4.74 Å². The van der Waals surface area contributed by atoms with Crippen LogP contribution in [0.1, 0.15) is 72.4 Å². The molecule has 1 aliphatic carbocycles. The predicted molar refractivity (Wildman–Crippen MR) is 149 cm³/mol. The number of H-pyrrole nitrogens is 1. The maximum Gasteiger partial charge on any atom is 0.352 e. The Morgan fingerprint density at radius 2 is 1.86 bits per heavy atom. The van der Waals surface area contributed by atoms with Gasteiger partial charge in [-0.2, -0.15) is 4.98 Å². The fourth-order valence-electron chi connectivity index (χ4n) is 3.77. The zero-order valence-corrected chi connectivity index (χ0v) is 24.4. The Bertz CT molecular complexity index is 1080. The summed E-state index contributed by atoms with van der Waals surface area (Å²) in [6.07, 6.45) is 10.6. The molecule has 3 heterocycles. The molecule has 0 amide bonds. The number of aromatic nitrogens is 5. The molecule has 12 heteroatoms. The second-order valence-electron chi connectivity index (χ2n) is 8.18. The van der Waals surface area contributed by atoms with Gasteiger partial charge in [0.25, 0.3) is 0 Å². The Morgan fingerprint density at radius 3 is 2.43 bits per heavy atom. The molecule has 3 aromatic heterocycles. The highest BCUT2D eigenvalue weighted by atomic mass is 35.5. The number of fused-ring (bicyclic) bond motifs is 1. The number of hydrogen-bond acceptors (Lipinski definition) is 7. The van der Waals surface area contributed by atoms with Gasteiger partial charge in [-0.25, -0.2) is 4.98 Å². The first-order valence-corrected chi connectivity index (χ1v) is 13.6. The van der Waals surface area contributed by atoms with Gasteiger partial charge in [-0.05, 0) is 31.4 Å². The van der Waals surface area contributed by atoms with Crippen molar-refractivity contribution in [2.24, 2.45) is 5.92 Å². The molecule has 1 aliphatic rings. The second kappa shape index (κ2) is 17.1. The fraction of sp³-hybridized carbons (Fsp3) is 0.640. The largest absolute Gasteiger partial charge is 0.471 e. The molecule has 1 N–H and O–H groups in total. The highest BCUT2D eigenvalue weighted by Gasteiger charge is 2.23. The van der Waals surface area contributed by atoms with E-state index in [1.807, 2.05) is 46.3 Å². The topological polar surface area (TPSA) is 121 Å². The van der Waals surface area contributed by atoms with Crippen LogP contribution in [0.4, 0.5) is 5.69 Å². The lowest BCUT2D eigenvalue weighted by Crippen LogP contribution is -2.16. The van der Waals surface area contributed by atoms with E-state index in [-0.39, 0.29) is 29.4 Å². The van der Waals surface area contributed by atoms with E-state index in [0.717, 1.165) is 0 Å². The van der Waals surface area contributed by atoms with Crippen LogP contribution in [0.25, 0.3) is 11.0 Å². The standard InChI is InChI=1S/C14H14Cl2N6O3.C7H14O.2C2H6/c1-7(6-25-13-11(22(23)24)8(2)19-20-13)4-21-5-10(15)9-3-17-14(16)18-12(9)21;1-8-7-5-3-2-4-6-7;2*1-2/h3,5,7H,4,6H2,1-2H3,(H,19,20);7H,2-6H2,1H3;2*1-2H3. The van der Waals surface area contributed by atoms with Crippen LogP contribution in [-0.2, 0) is 11.3 Å². The Kier molecular flexibility index (Phi) is 15.1. The van der Waals surface area contributed by atoms with Crippen molar-refractivity contribution in [1.82, 2.24) is 24.7 Å². The molecule has 0 aliphatic heterocycles. The maximum absolute atomic E-state index is 11.0. The molecule has 1 unspecified atom stereocenters. The van der Waals surface area contributed by atoms with Crippen molar-refractivity contribution in [3.05, 3.63) is 38.5 Å². The van der Waals surface area contributed by atoms with Crippen molar-refractivity contribution in [3.63, 3.8) is 0 Å². The molecule has 4 rings (SSSR count). The lowest BCUT2D eigenvalue weighted by molar-refractivity contribution is -0.386. The predicted octanol–water partition coefficient (Wildman–Crippen LogP) is 7.41. The van der Waals surface area contributed by atoms with Crippen LogP contribution in [0.3, 0.4) is 0 Å². The third-order valence-electron chi connectivity index (χ3n) is 5.50. The highest BCUT2D eigenvalue weighted by Crippen LogP contribution is 2.28. The summed E-state index contributed by atoms with van der Waals surface area (Å²) in [6.45, 7) is 12.3. The van der Waals surface area contributed by atoms with Crippen LogP contribution in [-0.4, -0.2) is 49.5 Å². The van der Waals surface area contributed by atoms with Gasteiger partial charge in [-0.15, -0.1) is 5.10 Å². The van der Waals surface area contributed by atoms with Crippen LogP contribution in [0.15, 0.2) is 12.4 Å². The van der Waals surface area contributed by atoms with Gasteiger partial charge in [0.05, 0.1) is 28.0 Å². The molecule has 10 nitrogen and oxygen atoms in total. The van der Waals surface area contributed by atoms with E-state index in [0.29, 0.717) is 34.4 Å². The third kappa shape index (κ3) is 9.75. The normalized spacial score (nSPS) is 13.9. The van der Waals surface area contributed by atoms with Gasteiger partial charge in [0, 0.05) is 32.0 Å². The Hall–Kier alpha value is -2.43. The number of ether oxygens (including phenoxy) is 2. The second-order valence-corrected chi connectivity index (χ2v) is 8.92. The third-order valence-corrected chi connectivity index (χ3v) is 5.99. The van der Waals surface area contributed by atoms with Gasteiger partial charge in [-0.3, -0.25) is 15.2 Å². The van der Waals surface area contributed by atoms with Crippen molar-refractivity contribution in [3.8, 4) is 5.88 Å². The Morgan fingerprint density at radius 1 is 1.22 bits per heavy atom. The van der Waals surface area contributed by atoms with Gasteiger partial charge in [0.2, 0.25) is 5.28 Å². The van der Waals surface area contributed by atoms with Crippen LogP contribution in [0, 0.1) is 23.0 Å². The summed E-state index contributed by atoms with van der Waals surface area (Å²) in [4.78, 5) is 18.6. The monoisotopic (exact) mass is 558 g/mol. The summed E-state index contributed by atoms with van der Waals surface area (Å²) >= 11 is 12.0. The number of rotatable bonds is 7. The minimum atomic E-state index is -0.517. The van der Waals surface area contributed by atoms with Gasteiger partial charge >= 0.3 is 11.6 Å². The minimum absolute atomic E-state index is 0.0111. The highest BCUT2D eigenvalue weighted by molar-refractivity contribution is 6.35. The summed E-state index contributed by atoms with van der Waals surface area (Å²) in [5.41, 5.74) is 0.821. The van der Waals surface area contributed by atoms with Crippen LogP contribution in [0.5, 0.6) is 5.88 Å². The number of halogens is 2. The van der Waals surface area contributed by atoms with E-state index in [2.05, 4.69) is 20.2 Å². The van der Waals surface area contributed by atoms with E-state index in [1.54, 1.807) is 19.3 Å². The molecule has 0 saturated heterocycles. The number of methoxy groups -OCH3 is 1. The molecule has 1 saturated carbocycles. The molecule has 0 radical (unpaired) electrons. The summed E-state index contributed by atoms with van der Waals surface area (Å²) < 4.78 is 12.5. The first kappa shape index (κ1) is 32.6. The lowest BCUT2D eigenvalue weighted by Gasteiger charge is -2.19. The van der Waals surface area contributed by atoms with E-state index >= 15 is 0 Å². The number of nitro groups is 1. The van der Waals surface area contributed by atoms with Crippen molar-refractivity contribution < 1.29 is 14.4 Å². The van der Waals surface area contributed by atoms with Crippen molar-refractivity contribution in [1.29, 1.82) is 0 Å². The molecular weight excluding hydrogens is 519 g/mol. The average Bonchev–Trinajstić information content (AvgIpc) is 3.44. The van der Waals surface area contributed by atoms with Gasteiger partial charge in [0.1, 0.15) is 11.3 Å². The van der Waals surface area contributed by atoms with Crippen molar-refractivity contribution in [2.45, 2.75) is 86.3 Å². The summed E-state index contributed by atoms with van der Waals surface area (Å²) in [7, 11) is 1.82. The smallest absolute Gasteiger partial charge is 0.352 e. The number of aromatic amines is 1. The number of nitrogens with zero attached hydrogens (tertiary/aromatic N) is 5. The van der Waals surface area contributed by atoms with Crippen LogP contribution >= 0.6 is 23.2 Å². The fourth-order valence-corrected chi connectivity index (χ4v) is 4.15. The molecular formula is C25H40Cl2N6O4. The lowest BCUT2D eigenvalue weighted by atomic mass is 9.98. The number of aryl methyl sites for hydroxylation is 1. The number of nitrogens with one attached hydrogen (secondary N) is 1. The Balaban J connectivity index is 0.000000478. The molecule has 0 aromatic carbocycles. The molecule has 0 spiro atoms. The SMILES string of the molecule is CC.CC.COC1CCCCC1.Cc1[nH]nc(OCC(C)Cn2cc(Cl)c3cnc(Cl)nc32)c1[N+](=O)[O-]. The summed E-state index contributed by atoms with van der Waals surface area (Å²) in [6, 6.07) is 0. The maximum atomic E-state index is 11.0. The van der Waals surface area contributed by atoms with E-state index in [9.17, 15) is 10.1 Å².